The Morgan fingerprint density at radius 2 is 1.73 bits per heavy atom. The Morgan fingerprint density at radius 1 is 1.00 bits per heavy atom. The van der Waals surface area contributed by atoms with Gasteiger partial charge in [0.15, 0.2) is 0 Å². The largest absolute Gasteiger partial charge is 0.353 e. The standard InChI is InChI=1S/C27H36N4O2/c1-18-8-6-9-21(14-18)15-26(33)31-13-7-10-22(17-31)27-28-19(2)24(20(3)29-27)16-25(32)30-23-11-4-5-12-23/h6,8-9,14,22-23H,4-5,7,10-13,15-17H2,1-3H3,(H,30,32). The van der Waals surface area contributed by atoms with Crippen molar-refractivity contribution in [3.8, 4) is 0 Å². The molecule has 2 heterocycles. The van der Waals surface area contributed by atoms with E-state index in [-0.39, 0.29) is 17.7 Å². The predicted molar refractivity (Wildman–Crippen MR) is 129 cm³/mol. The number of aryl methyl sites for hydroxylation is 3. The molecule has 1 aromatic carbocycles. The van der Waals surface area contributed by atoms with Gasteiger partial charge in [0.2, 0.25) is 11.8 Å². The molecule has 1 saturated heterocycles. The smallest absolute Gasteiger partial charge is 0.227 e. The van der Waals surface area contributed by atoms with Crippen LogP contribution in [0.5, 0.6) is 0 Å². The molecule has 0 spiro atoms. The van der Waals surface area contributed by atoms with Crippen molar-refractivity contribution in [3.63, 3.8) is 0 Å². The summed E-state index contributed by atoms with van der Waals surface area (Å²) in [6, 6.07) is 8.48. The highest BCUT2D eigenvalue weighted by atomic mass is 16.2. The second-order valence-corrected chi connectivity index (χ2v) is 9.80. The van der Waals surface area contributed by atoms with E-state index in [1.807, 2.05) is 30.9 Å². The minimum absolute atomic E-state index is 0.0648. The molecule has 0 bridgehead atoms. The summed E-state index contributed by atoms with van der Waals surface area (Å²) < 4.78 is 0. The number of carbonyl (C=O) groups excluding carboxylic acids is 2. The summed E-state index contributed by atoms with van der Waals surface area (Å²) in [7, 11) is 0. The zero-order valence-electron chi connectivity index (χ0n) is 20.2. The molecule has 2 aromatic rings. The second-order valence-electron chi connectivity index (χ2n) is 9.80. The number of benzene rings is 1. The van der Waals surface area contributed by atoms with Crippen LogP contribution in [0.25, 0.3) is 0 Å². The molecule has 1 unspecified atom stereocenters. The molecule has 1 aliphatic heterocycles. The Labute approximate surface area is 197 Å². The number of nitrogens with one attached hydrogen (secondary N) is 1. The maximum absolute atomic E-state index is 12.9. The molecule has 4 rings (SSSR count). The molecule has 6 nitrogen and oxygen atoms in total. The minimum atomic E-state index is 0.0648. The van der Waals surface area contributed by atoms with Gasteiger partial charge in [-0.2, -0.15) is 0 Å². The Hall–Kier alpha value is -2.76. The summed E-state index contributed by atoms with van der Waals surface area (Å²) in [5, 5.41) is 3.16. The van der Waals surface area contributed by atoms with Crippen LogP contribution in [-0.2, 0) is 22.4 Å². The number of hydrogen-bond acceptors (Lipinski definition) is 4. The van der Waals surface area contributed by atoms with E-state index in [1.54, 1.807) is 0 Å². The third-order valence-corrected chi connectivity index (χ3v) is 7.07. The third kappa shape index (κ3) is 5.98. The first kappa shape index (κ1) is 23.4. The fourth-order valence-electron chi connectivity index (χ4n) is 5.24. The van der Waals surface area contributed by atoms with Crippen LogP contribution in [0.4, 0.5) is 0 Å². The average Bonchev–Trinajstić information content (AvgIpc) is 3.29. The normalized spacial score (nSPS) is 19.0. The number of aromatic nitrogens is 2. The molecule has 176 valence electrons. The van der Waals surface area contributed by atoms with Crippen LogP contribution in [0.1, 0.15) is 78.3 Å². The van der Waals surface area contributed by atoms with Gasteiger partial charge >= 0.3 is 0 Å². The van der Waals surface area contributed by atoms with Gasteiger partial charge in [-0.3, -0.25) is 9.59 Å². The van der Waals surface area contributed by atoms with Crippen LogP contribution in [0.3, 0.4) is 0 Å². The van der Waals surface area contributed by atoms with Gasteiger partial charge < -0.3 is 10.2 Å². The van der Waals surface area contributed by atoms with Crippen LogP contribution in [-0.4, -0.2) is 45.8 Å². The molecular formula is C27H36N4O2. The summed E-state index contributed by atoms with van der Waals surface area (Å²) in [5.74, 6) is 1.17. The van der Waals surface area contributed by atoms with Crippen LogP contribution < -0.4 is 5.32 Å². The van der Waals surface area contributed by atoms with Gasteiger partial charge in [-0.1, -0.05) is 42.7 Å². The minimum Gasteiger partial charge on any atom is -0.353 e. The molecule has 0 radical (unpaired) electrons. The lowest BCUT2D eigenvalue weighted by atomic mass is 9.95. The summed E-state index contributed by atoms with van der Waals surface area (Å²) in [5.41, 5.74) is 4.92. The van der Waals surface area contributed by atoms with Crippen molar-refractivity contribution in [2.75, 3.05) is 13.1 Å². The van der Waals surface area contributed by atoms with Crippen molar-refractivity contribution < 1.29 is 9.59 Å². The zero-order valence-corrected chi connectivity index (χ0v) is 20.2. The van der Waals surface area contributed by atoms with Crippen LogP contribution in [0.2, 0.25) is 0 Å². The molecule has 1 aromatic heterocycles. The van der Waals surface area contributed by atoms with Gasteiger partial charge in [0.25, 0.3) is 0 Å². The molecular weight excluding hydrogens is 412 g/mol. The van der Waals surface area contributed by atoms with Crippen LogP contribution in [0.15, 0.2) is 24.3 Å². The summed E-state index contributed by atoms with van der Waals surface area (Å²) in [6.07, 6.45) is 7.27. The molecule has 6 heteroatoms. The molecule has 2 aliphatic rings. The highest BCUT2D eigenvalue weighted by molar-refractivity contribution is 5.79. The number of piperidine rings is 1. The maximum atomic E-state index is 12.9. The van der Waals surface area contributed by atoms with E-state index in [1.165, 1.54) is 18.4 Å². The quantitative estimate of drug-likeness (QED) is 0.726. The van der Waals surface area contributed by atoms with Gasteiger partial charge in [-0.05, 0) is 52.0 Å². The first-order chi connectivity index (χ1) is 15.9. The topological polar surface area (TPSA) is 75.2 Å². The molecule has 2 amide bonds. The number of amides is 2. The van der Waals surface area contributed by atoms with Crippen molar-refractivity contribution in [2.24, 2.45) is 0 Å². The van der Waals surface area contributed by atoms with E-state index >= 15 is 0 Å². The van der Waals surface area contributed by atoms with E-state index in [4.69, 9.17) is 9.97 Å². The van der Waals surface area contributed by atoms with Crippen molar-refractivity contribution in [2.45, 2.75) is 84.1 Å². The Bertz CT molecular complexity index is 990. The molecule has 33 heavy (non-hydrogen) atoms. The zero-order chi connectivity index (χ0) is 23.4. The lowest BCUT2D eigenvalue weighted by Gasteiger charge is -2.32. The van der Waals surface area contributed by atoms with Crippen molar-refractivity contribution >= 4 is 11.8 Å². The van der Waals surface area contributed by atoms with Crippen molar-refractivity contribution in [1.29, 1.82) is 0 Å². The molecule has 1 saturated carbocycles. The highest BCUT2D eigenvalue weighted by Crippen LogP contribution is 2.27. The van der Waals surface area contributed by atoms with E-state index in [0.29, 0.717) is 25.4 Å². The number of nitrogens with zero attached hydrogens (tertiary/aromatic N) is 3. The highest BCUT2D eigenvalue weighted by Gasteiger charge is 2.28. The van der Waals surface area contributed by atoms with Crippen LogP contribution >= 0.6 is 0 Å². The summed E-state index contributed by atoms with van der Waals surface area (Å²) >= 11 is 0. The van der Waals surface area contributed by atoms with Crippen LogP contribution in [0, 0.1) is 20.8 Å². The molecule has 1 aliphatic carbocycles. The summed E-state index contributed by atoms with van der Waals surface area (Å²) in [4.78, 5) is 37.1. The first-order valence-electron chi connectivity index (χ1n) is 12.4. The Kier molecular flexibility index (Phi) is 7.41. The lowest BCUT2D eigenvalue weighted by Crippen LogP contribution is -2.40. The number of hydrogen-bond donors (Lipinski definition) is 1. The van der Waals surface area contributed by atoms with Crippen molar-refractivity contribution in [3.05, 3.63) is 58.2 Å². The van der Waals surface area contributed by atoms with E-state index in [0.717, 1.165) is 60.6 Å². The maximum Gasteiger partial charge on any atom is 0.227 e. The van der Waals surface area contributed by atoms with E-state index in [2.05, 4.69) is 24.4 Å². The third-order valence-electron chi connectivity index (χ3n) is 7.07. The monoisotopic (exact) mass is 448 g/mol. The Morgan fingerprint density at radius 3 is 2.42 bits per heavy atom. The number of likely N-dealkylation sites (tertiary alicyclic amines) is 1. The van der Waals surface area contributed by atoms with Gasteiger partial charge in [-0.25, -0.2) is 9.97 Å². The SMILES string of the molecule is Cc1cccc(CC(=O)N2CCCC(c3nc(C)c(CC(=O)NC4CCCC4)c(C)n3)C2)c1. The van der Waals surface area contributed by atoms with E-state index in [9.17, 15) is 9.59 Å². The van der Waals surface area contributed by atoms with Gasteiger partial charge in [0, 0.05) is 42.0 Å². The summed E-state index contributed by atoms with van der Waals surface area (Å²) in [6.45, 7) is 7.44. The fraction of sp³-hybridized carbons (Fsp3) is 0.556. The number of carbonyl (C=O) groups is 2. The van der Waals surface area contributed by atoms with Gasteiger partial charge in [0.05, 0.1) is 12.8 Å². The fourth-order valence-corrected chi connectivity index (χ4v) is 5.24. The first-order valence-corrected chi connectivity index (χ1v) is 12.4. The predicted octanol–water partition coefficient (Wildman–Crippen LogP) is 3.95. The molecule has 1 atom stereocenters. The molecule has 2 fully saturated rings. The average molecular weight is 449 g/mol. The second kappa shape index (κ2) is 10.4. The Balaban J connectivity index is 1.40. The molecule has 1 N–H and O–H groups in total. The van der Waals surface area contributed by atoms with Gasteiger partial charge in [0.1, 0.15) is 5.82 Å². The van der Waals surface area contributed by atoms with Crippen molar-refractivity contribution in [1.82, 2.24) is 20.2 Å². The lowest BCUT2D eigenvalue weighted by molar-refractivity contribution is -0.131. The number of rotatable bonds is 6. The van der Waals surface area contributed by atoms with E-state index < -0.39 is 0 Å². The van der Waals surface area contributed by atoms with Gasteiger partial charge in [-0.15, -0.1) is 0 Å².